The largest absolute Gasteiger partial charge is 0.487 e. The molecule has 0 saturated carbocycles. The summed E-state index contributed by atoms with van der Waals surface area (Å²) in [7, 11) is 2.11. The van der Waals surface area contributed by atoms with E-state index in [-0.39, 0.29) is 0 Å². The molecule has 0 aliphatic rings. The zero-order chi connectivity index (χ0) is 18.3. The van der Waals surface area contributed by atoms with Gasteiger partial charge < -0.3 is 4.74 Å². The number of pyridine rings is 1. The van der Waals surface area contributed by atoms with E-state index in [1.165, 1.54) is 33.3 Å². The molecule has 0 fully saturated rings. The van der Waals surface area contributed by atoms with Crippen molar-refractivity contribution in [3.63, 3.8) is 0 Å². The fourth-order valence-corrected chi connectivity index (χ4v) is 3.93. The highest BCUT2D eigenvalue weighted by Gasteiger charge is 2.18. The van der Waals surface area contributed by atoms with Crippen LogP contribution in [0.25, 0.3) is 21.8 Å². The molecule has 26 heavy (non-hydrogen) atoms. The molecule has 0 bridgehead atoms. The summed E-state index contributed by atoms with van der Waals surface area (Å²) in [6, 6.07) is 21.4. The first-order valence-electron chi connectivity index (χ1n) is 9.05. The van der Waals surface area contributed by atoms with Crippen LogP contribution in [0.5, 0.6) is 5.75 Å². The maximum Gasteiger partial charge on any atom is 0.216 e. The van der Waals surface area contributed by atoms with Crippen LogP contribution in [0.15, 0.2) is 60.7 Å². The molecule has 0 saturated heterocycles. The summed E-state index contributed by atoms with van der Waals surface area (Å²) in [5, 5.41) is 2.30. The van der Waals surface area contributed by atoms with E-state index in [1.54, 1.807) is 0 Å². The molecule has 0 aliphatic carbocycles. The minimum absolute atomic E-state index is 0.583. The topological polar surface area (TPSA) is 13.1 Å². The van der Waals surface area contributed by atoms with Gasteiger partial charge in [0, 0.05) is 12.1 Å². The van der Waals surface area contributed by atoms with Gasteiger partial charge in [-0.3, -0.25) is 0 Å². The molecule has 1 aromatic heterocycles. The van der Waals surface area contributed by atoms with E-state index in [4.69, 9.17) is 4.74 Å². The van der Waals surface area contributed by atoms with Crippen LogP contribution in [-0.4, -0.2) is 0 Å². The Bertz CT molecular complexity index is 1050. The lowest BCUT2D eigenvalue weighted by Gasteiger charge is -2.15. The Balaban J connectivity index is 1.87. The Hall–Kier alpha value is -2.87. The number of hydrogen-bond donors (Lipinski definition) is 0. The Morgan fingerprint density at radius 2 is 1.27 bits per heavy atom. The molecule has 3 aromatic carbocycles. The van der Waals surface area contributed by atoms with Gasteiger partial charge in [-0.2, -0.15) is 4.57 Å². The van der Waals surface area contributed by atoms with E-state index < -0.39 is 0 Å². The highest BCUT2D eigenvalue weighted by atomic mass is 16.5. The predicted octanol–water partition coefficient (Wildman–Crippen LogP) is 5.32. The molecule has 0 unspecified atom stereocenters. The third-order valence-electron chi connectivity index (χ3n) is 5.22. The number of nitrogens with zero attached hydrogens (tertiary/aromatic N) is 1. The molecule has 0 radical (unpaired) electrons. The fraction of sp³-hybridized carbons (Fsp3) is 0.208. The summed E-state index contributed by atoms with van der Waals surface area (Å²) in [4.78, 5) is 0. The normalized spacial score (nSPS) is 11.2. The van der Waals surface area contributed by atoms with Crippen molar-refractivity contribution < 1.29 is 9.30 Å². The van der Waals surface area contributed by atoms with Crippen molar-refractivity contribution in [3.05, 3.63) is 82.9 Å². The first-order valence-corrected chi connectivity index (χ1v) is 9.05. The monoisotopic (exact) mass is 342 g/mol. The molecule has 2 nitrogen and oxygen atoms in total. The van der Waals surface area contributed by atoms with E-state index in [0.717, 1.165) is 16.5 Å². The van der Waals surface area contributed by atoms with Crippen molar-refractivity contribution in [2.75, 3.05) is 0 Å². The minimum atomic E-state index is 0.583. The van der Waals surface area contributed by atoms with Crippen LogP contribution in [-0.2, 0) is 13.7 Å². The third kappa shape index (κ3) is 2.72. The molecule has 130 valence electrons. The van der Waals surface area contributed by atoms with E-state index in [1.807, 2.05) is 0 Å². The summed E-state index contributed by atoms with van der Waals surface area (Å²) < 4.78 is 8.70. The molecular formula is C24H24NO+. The van der Waals surface area contributed by atoms with Gasteiger partial charge in [-0.05, 0) is 49.6 Å². The molecule has 4 rings (SSSR count). The average Bonchev–Trinajstić information content (AvgIpc) is 2.63. The molecule has 0 N–H and O–H groups in total. The first kappa shape index (κ1) is 16.6. The van der Waals surface area contributed by atoms with Gasteiger partial charge in [0.1, 0.15) is 19.4 Å². The molecule has 1 heterocycles. The zero-order valence-electron chi connectivity index (χ0n) is 15.8. The zero-order valence-corrected chi connectivity index (χ0v) is 15.8. The summed E-state index contributed by atoms with van der Waals surface area (Å²) >= 11 is 0. The highest BCUT2D eigenvalue weighted by Crippen LogP contribution is 2.32. The Labute approximate surface area is 154 Å². The average molecular weight is 342 g/mol. The first-order chi connectivity index (χ1) is 12.6. The van der Waals surface area contributed by atoms with Gasteiger partial charge in [0.2, 0.25) is 11.0 Å². The van der Waals surface area contributed by atoms with Crippen LogP contribution in [0.2, 0.25) is 0 Å². The Kier molecular flexibility index (Phi) is 4.12. The van der Waals surface area contributed by atoms with Gasteiger partial charge in [-0.25, -0.2) is 0 Å². The van der Waals surface area contributed by atoms with Crippen LogP contribution in [0.3, 0.4) is 0 Å². The fourth-order valence-electron chi connectivity index (χ4n) is 3.93. The maximum absolute atomic E-state index is 6.46. The lowest BCUT2D eigenvalue weighted by molar-refractivity contribution is -0.617. The lowest BCUT2D eigenvalue weighted by Crippen LogP contribution is -2.30. The Morgan fingerprint density at radius 1 is 0.769 bits per heavy atom. The molecule has 0 aliphatic heterocycles. The van der Waals surface area contributed by atoms with Gasteiger partial charge in [-0.1, -0.05) is 42.0 Å². The van der Waals surface area contributed by atoms with Crippen molar-refractivity contribution in [1.82, 2.24) is 0 Å². The van der Waals surface area contributed by atoms with Crippen LogP contribution >= 0.6 is 0 Å². The number of rotatable bonds is 3. The van der Waals surface area contributed by atoms with Crippen LogP contribution in [0, 0.1) is 20.8 Å². The number of benzene rings is 3. The molecule has 4 aromatic rings. The van der Waals surface area contributed by atoms with Gasteiger partial charge in [-0.15, -0.1) is 0 Å². The SMILES string of the molecule is Cc1cc(C)c(COc2c3ccccc3[n+](C)c3ccccc23)c(C)c1. The second-order valence-corrected chi connectivity index (χ2v) is 7.09. The van der Waals surface area contributed by atoms with Gasteiger partial charge in [0.25, 0.3) is 0 Å². The molecule has 2 heteroatoms. The van der Waals surface area contributed by atoms with Crippen LogP contribution < -0.4 is 9.30 Å². The van der Waals surface area contributed by atoms with Gasteiger partial charge in [0.05, 0.1) is 10.8 Å². The number of fused-ring (bicyclic) bond motifs is 2. The van der Waals surface area contributed by atoms with Gasteiger partial charge in [0.15, 0.2) is 0 Å². The van der Waals surface area contributed by atoms with Crippen molar-refractivity contribution in [2.45, 2.75) is 27.4 Å². The maximum atomic E-state index is 6.46. The summed E-state index contributed by atoms with van der Waals surface area (Å²) in [5.41, 5.74) is 7.51. The quantitative estimate of drug-likeness (QED) is 0.363. The highest BCUT2D eigenvalue weighted by molar-refractivity contribution is 5.97. The second kappa shape index (κ2) is 6.45. The van der Waals surface area contributed by atoms with E-state index in [2.05, 4.69) is 93.0 Å². The van der Waals surface area contributed by atoms with Crippen molar-refractivity contribution in [2.24, 2.45) is 7.05 Å². The Morgan fingerprint density at radius 3 is 1.81 bits per heavy atom. The molecule has 0 amide bonds. The summed E-state index contributed by atoms with van der Waals surface area (Å²) in [6.07, 6.45) is 0. The predicted molar refractivity (Wildman–Crippen MR) is 108 cm³/mol. The van der Waals surface area contributed by atoms with Crippen molar-refractivity contribution >= 4 is 21.8 Å². The van der Waals surface area contributed by atoms with E-state index in [9.17, 15) is 0 Å². The number of hydrogen-bond acceptors (Lipinski definition) is 1. The second-order valence-electron chi connectivity index (χ2n) is 7.09. The lowest BCUT2D eigenvalue weighted by atomic mass is 10.0. The number of aryl methyl sites for hydroxylation is 4. The summed E-state index contributed by atoms with van der Waals surface area (Å²) in [6.45, 7) is 7.06. The molecule has 0 atom stereocenters. The molecule has 0 spiro atoms. The van der Waals surface area contributed by atoms with Crippen LogP contribution in [0.1, 0.15) is 22.3 Å². The van der Waals surface area contributed by atoms with Crippen LogP contribution in [0.4, 0.5) is 0 Å². The van der Waals surface area contributed by atoms with E-state index >= 15 is 0 Å². The standard InChI is InChI=1S/C24H24NO/c1-16-13-17(2)21(18(3)14-16)15-26-24-19-9-5-7-11-22(19)25(4)23-12-8-6-10-20(23)24/h5-14H,15H2,1-4H3/q+1. The smallest absolute Gasteiger partial charge is 0.216 e. The number of aromatic nitrogens is 1. The van der Waals surface area contributed by atoms with Crippen molar-refractivity contribution in [3.8, 4) is 5.75 Å². The summed E-state index contributed by atoms with van der Waals surface area (Å²) in [5.74, 6) is 0.966. The number of para-hydroxylation sites is 2. The van der Waals surface area contributed by atoms with Gasteiger partial charge >= 0.3 is 0 Å². The van der Waals surface area contributed by atoms with Crippen molar-refractivity contribution in [1.29, 1.82) is 0 Å². The third-order valence-corrected chi connectivity index (χ3v) is 5.22. The molecular weight excluding hydrogens is 318 g/mol. The number of ether oxygens (including phenoxy) is 1. The minimum Gasteiger partial charge on any atom is -0.487 e. The van der Waals surface area contributed by atoms with E-state index in [0.29, 0.717) is 6.61 Å².